The lowest BCUT2D eigenvalue weighted by molar-refractivity contribution is -0.139. The van der Waals surface area contributed by atoms with Crippen molar-refractivity contribution >= 4 is 23.9 Å². The Morgan fingerprint density at radius 1 is 1.36 bits per heavy atom. The number of hydrogen-bond donors (Lipinski definition) is 1. The van der Waals surface area contributed by atoms with Crippen LogP contribution in [0.1, 0.15) is 35.3 Å². The average molecular weight is 375 g/mol. The van der Waals surface area contributed by atoms with Gasteiger partial charge in [-0.05, 0) is 41.5 Å². The maximum absolute atomic E-state index is 13.3. The van der Waals surface area contributed by atoms with Gasteiger partial charge in [0, 0.05) is 24.7 Å². The fourth-order valence-corrected chi connectivity index (χ4v) is 3.00. The van der Waals surface area contributed by atoms with E-state index in [2.05, 4.69) is 20.8 Å². The summed E-state index contributed by atoms with van der Waals surface area (Å²) in [5.74, 6) is -0.507. The van der Waals surface area contributed by atoms with E-state index in [1.165, 1.54) is 11.7 Å². The second kappa shape index (κ2) is 7.83. The van der Waals surface area contributed by atoms with Crippen molar-refractivity contribution in [2.75, 3.05) is 11.9 Å². The number of hydrogen-bond acceptors (Lipinski definition) is 6. The van der Waals surface area contributed by atoms with E-state index in [0.717, 1.165) is 12.1 Å². The number of amides is 1. The smallest absolute Gasteiger partial charge is 0.311 e. The highest BCUT2D eigenvalue weighted by molar-refractivity contribution is 7.94. The van der Waals surface area contributed by atoms with Crippen molar-refractivity contribution in [2.45, 2.75) is 31.3 Å². The molecule has 1 amide bonds. The van der Waals surface area contributed by atoms with Crippen LogP contribution in [0.25, 0.3) is 0 Å². The number of carbonyl (C=O) groups excluding carboxylic acids is 1. The molecule has 25 heavy (non-hydrogen) atoms. The van der Waals surface area contributed by atoms with Crippen molar-refractivity contribution in [2.24, 2.45) is 7.05 Å². The van der Waals surface area contributed by atoms with Gasteiger partial charge in [-0.25, -0.2) is 4.68 Å². The van der Waals surface area contributed by atoms with Crippen molar-refractivity contribution in [3.8, 4) is 0 Å². The highest BCUT2D eigenvalue weighted by Gasteiger charge is 2.36. The van der Waals surface area contributed by atoms with Gasteiger partial charge in [-0.3, -0.25) is 10.1 Å². The normalized spacial score (nSPS) is 11.6. The number of aromatic nitrogens is 4. The summed E-state index contributed by atoms with van der Waals surface area (Å²) in [6.45, 7) is 3.57. The molecule has 0 atom stereocenters. The Kier molecular flexibility index (Phi) is 6.01. The summed E-state index contributed by atoms with van der Waals surface area (Å²) in [5, 5.41) is 13.1. The first-order valence-corrected chi connectivity index (χ1v) is 8.09. The number of tetrazole rings is 1. The molecule has 1 heterocycles. The van der Waals surface area contributed by atoms with Crippen LogP contribution in [-0.4, -0.2) is 32.7 Å². The van der Waals surface area contributed by atoms with Crippen molar-refractivity contribution in [1.82, 2.24) is 20.2 Å². The van der Waals surface area contributed by atoms with Gasteiger partial charge in [0.25, 0.3) is 5.91 Å². The molecule has 7 nitrogen and oxygen atoms in total. The summed E-state index contributed by atoms with van der Waals surface area (Å²) >= 11 is 0.622. The molecule has 0 bridgehead atoms. The van der Waals surface area contributed by atoms with Gasteiger partial charge in [0.05, 0.1) is 17.1 Å². The summed E-state index contributed by atoms with van der Waals surface area (Å²) in [7, 11) is 1.53. The standard InChI is InChI=1S/C14H16F3N5O2S/c1-4-8-9(12(23)18-13-19-20-21-22(13)3)6-7-10(14(15,16)17)11(8)25-24-5-2/h6-7H,4-5H2,1-3H3,(H,18,19,21,23). The van der Waals surface area contributed by atoms with Crippen LogP contribution in [-0.2, 0) is 23.8 Å². The predicted octanol–water partition coefficient (Wildman–Crippen LogP) is 3.09. The number of alkyl halides is 3. The van der Waals surface area contributed by atoms with Crippen LogP contribution >= 0.6 is 12.0 Å². The predicted molar refractivity (Wildman–Crippen MR) is 85.1 cm³/mol. The molecule has 136 valence electrons. The van der Waals surface area contributed by atoms with E-state index in [4.69, 9.17) is 4.18 Å². The minimum atomic E-state index is -4.55. The molecule has 0 aliphatic carbocycles. The van der Waals surface area contributed by atoms with Crippen LogP contribution in [0.4, 0.5) is 19.1 Å². The van der Waals surface area contributed by atoms with Crippen LogP contribution in [0.2, 0.25) is 0 Å². The number of anilines is 1. The zero-order chi connectivity index (χ0) is 18.6. The molecule has 11 heteroatoms. The summed E-state index contributed by atoms with van der Waals surface area (Å²) < 4.78 is 46.2. The van der Waals surface area contributed by atoms with Gasteiger partial charge in [0.1, 0.15) is 0 Å². The number of benzene rings is 1. The number of carbonyl (C=O) groups is 1. The second-order valence-electron chi connectivity index (χ2n) is 4.89. The van der Waals surface area contributed by atoms with Gasteiger partial charge >= 0.3 is 6.18 Å². The molecular formula is C14H16F3N5O2S. The Morgan fingerprint density at radius 2 is 2.08 bits per heavy atom. The molecule has 0 fully saturated rings. The van der Waals surface area contributed by atoms with Gasteiger partial charge in [-0.15, -0.1) is 0 Å². The molecule has 1 aromatic carbocycles. The second-order valence-corrected chi connectivity index (χ2v) is 5.70. The number of halogens is 3. The van der Waals surface area contributed by atoms with Crippen LogP contribution < -0.4 is 5.32 Å². The first kappa shape index (κ1) is 19.2. The number of aryl methyl sites for hydroxylation is 1. The van der Waals surface area contributed by atoms with Crippen LogP contribution in [0, 0.1) is 0 Å². The third kappa shape index (κ3) is 4.28. The van der Waals surface area contributed by atoms with Gasteiger partial charge in [0.15, 0.2) is 0 Å². The summed E-state index contributed by atoms with van der Waals surface area (Å²) in [6, 6.07) is 2.03. The first-order chi connectivity index (χ1) is 11.8. The van der Waals surface area contributed by atoms with E-state index in [0.29, 0.717) is 12.0 Å². The Hall–Kier alpha value is -2.14. The molecule has 0 aliphatic heterocycles. The minimum absolute atomic E-state index is 0.0889. The zero-order valence-electron chi connectivity index (χ0n) is 13.7. The van der Waals surface area contributed by atoms with Crippen LogP contribution in [0.5, 0.6) is 0 Å². The third-order valence-corrected chi connectivity index (χ3v) is 4.26. The lowest BCUT2D eigenvalue weighted by Crippen LogP contribution is -2.19. The molecule has 0 saturated heterocycles. The van der Waals surface area contributed by atoms with E-state index in [1.54, 1.807) is 13.8 Å². The maximum atomic E-state index is 13.3. The molecular weight excluding hydrogens is 359 g/mol. The number of nitrogens with one attached hydrogen (secondary N) is 1. The van der Waals surface area contributed by atoms with Crippen molar-refractivity contribution in [1.29, 1.82) is 0 Å². The Bertz CT molecular complexity index is 763. The average Bonchev–Trinajstić information content (AvgIpc) is 2.95. The van der Waals surface area contributed by atoms with E-state index >= 15 is 0 Å². The van der Waals surface area contributed by atoms with E-state index in [9.17, 15) is 18.0 Å². The fraction of sp³-hybridized carbons (Fsp3) is 0.429. The first-order valence-electron chi connectivity index (χ1n) is 7.35. The Balaban J connectivity index is 2.47. The molecule has 0 aliphatic rings. The Labute approximate surface area is 146 Å². The van der Waals surface area contributed by atoms with Crippen LogP contribution in [0.15, 0.2) is 17.0 Å². The van der Waals surface area contributed by atoms with E-state index < -0.39 is 17.6 Å². The number of rotatable bonds is 6. The summed E-state index contributed by atoms with van der Waals surface area (Å²) in [6.07, 6.45) is -4.33. The van der Waals surface area contributed by atoms with E-state index in [-0.39, 0.29) is 35.0 Å². The molecule has 1 aromatic heterocycles. The molecule has 2 rings (SSSR count). The molecule has 1 N–H and O–H groups in total. The zero-order valence-corrected chi connectivity index (χ0v) is 14.5. The highest BCUT2D eigenvalue weighted by atomic mass is 32.2. The molecule has 0 spiro atoms. The van der Waals surface area contributed by atoms with Gasteiger partial charge in [-0.2, -0.15) is 13.2 Å². The van der Waals surface area contributed by atoms with E-state index in [1.807, 2.05) is 0 Å². The van der Waals surface area contributed by atoms with Crippen molar-refractivity contribution in [3.05, 3.63) is 28.8 Å². The topological polar surface area (TPSA) is 81.9 Å². The summed E-state index contributed by atoms with van der Waals surface area (Å²) in [5.41, 5.74) is -0.471. The Morgan fingerprint density at radius 3 is 2.60 bits per heavy atom. The largest absolute Gasteiger partial charge is 0.417 e. The van der Waals surface area contributed by atoms with Crippen molar-refractivity contribution < 1.29 is 22.1 Å². The van der Waals surface area contributed by atoms with Crippen LogP contribution in [0.3, 0.4) is 0 Å². The van der Waals surface area contributed by atoms with Gasteiger partial charge in [-0.1, -0.05) is 12.0 Å². The number of nitrogens with zero attached hydrogens (tertiary/aromatic N) is 4. The van der Waals surface area contributed by atoms with Crippen molar-refractivity contribution in [3.63, 3.8) is 0 Å². The third-order valence-electron chi connectivity index (χ3n) is 3.27. The maximum Gasteiger partial charge on any atom is 0.417 e. The van der Waals surface area contributed by atoms with Gasteiger partial charge in [0.2, 0.25) is 5.95 Å². The van der Waals surface area contributed by atoms with Gasteiger partial charge < -0.3 is 4.18 Å². The fourth-order valence-electron chi connectivity index (χ4n) is 2.13. The molecule has 0 radical (unpaired) electrons. The molecule has 0 saturated carbocycles. The summed E-state index contributed by atoms with van der Waals surface area (Å²) in [4.78, 5) is 12.4. The quantitative estimate of drug-likeness (QED) is 0.782. The minimum Gasteiger partial charge on any atom is -0.311 e. The lowest BCUT2D eigenvalue weighted by Gasteiger charge is -2.18. The highest BCUT2D eigenvalue weighted by Crippen LogP contribution is 2.40. The molecule has 2 aromatic rings. The SMILES string of the molecule is CCOSc1c(C(F)(F)F)ccc(C(=O)Nc2nnnn2C)c1CC. The molecule has 0 unspecified atom stereocenters. The monoisotopic (exact) mass is 375 g/mol. The lowest BCUT2D eigenvalue weighted by atomic mass is 10.0.